The average Bonchev–Trinajstić information content (AvgIpc) is 2.30. The molecule has 2 rings (SSSR count). The number of rotatable bonds is 3. The Bertz CT molecular complexity index is 571. The van der Waals surface area contributed by atoms with Crippen molar-refractivity contribution in [1.82, 2.24) is 4.98 Å². The van der Waals surface area contributed by atoms with Gasteiger partial charge in [0, 0.05) is 22.7 Å². The predicted molar refractivity (Wildman–Crippen MR) is 71.7 cm³/mol. The smallest absolute Gasteiger partial charge is 0.189 e. The summed E-state index contributed by atoms with van der Waals surface area (Å²) in [4.78, 5) is 15.0. The lowest BCUT2D eigenvalue weighted by Crippen LogP contribution is -2.02. The van der Waals surface area contributed by atoms with E-state index >= 15 is 0 Å². The molecular formula is C13H13NOS. The maximum Gasteiger partial charge on any atom is 0.189 e. The quantitative estimate of drug-likeness (QED) is 0.879. The Morgan fingerprint density at radius 2 is 2.19 bits per heavy atom. The van der Waals surface area contributed by atoms with Crippen LogP contribution in [0, 0.1) is 0 Å². The van der Waals surface area contributed by atoms with Gasteiger partial charge >= 0.3 is 0 Å². The first-order valence-corrected chi connectivity index (χ1v) is 6.26. The monoisotopic (exact) mass is 231 g/mol. The number of hydrogen-bond donors (Lipinski definition) is 1. The minimum atomic E-state index is 0.0653. The fourth-order valence-electron chi connectivity index (χ4n) is 1.52. The summed E-state index contributed by atoms with van der Waals surface area (Å²) in [6.45, 7) is 2.10. The van der Waals surface area contributed by atoms with E-state index in [1.807, 2.05) is 35.7 Å². The van der Waals surface area contributed by atoms with E-state index in [4.69, 9.17) is 0 Å². The van der Waals surface area contributed by atoms with Crippen LogP contribution < -0.4 is 5.43 Å². The van der Waals surface area contributed by atoms with Crippen LogP contribution in [-0.4, -0.2) is 10.7 Å². The van der Waals surface area contributed by atoms with Crippen molar-refractivity contribution < 1.29 is 0 Å². The summed E-state index contributed by atoms with van der Waals surface area (Å²) in [7, 11) is 0. The number of thioether (sulfide) groups is 1. The lowest BCUT2D eigenvalue weighted by atomic mass is 10.2. The van der Waals surface area contributed by atoms with Gasteiger partial charge in [0.15, 0.2) is 5.43 Å². The Morgan fingerprint density at radius 3 is 3.00 bits per heavy atom. The highest BCUT2D eigenvalue weighted by Gasteiger charge is 1.98. The lowest BCUT2D eigenvalue weighted by Gasteiger charge is -1.99. The van der Waals surface area contributed by atoms with Crippen molar-refractivity contribution in [2.45, 2.75) is 6.92 Å². The molecule has 0 aliphatic heterocycles. The topological polar surface area (TPSA) is 32.9 Å². The van der Waals surface area contributed by atoms with Gasteiger partial charge in [-0.15, -0.1) is 11.8 Å². The molecule has 0 aliphatic rings. The molecule has 1 N–H and O–H groups in total. The van der Waals surface area contributed by atoms with Crippen LogP contribution in [0.2, 0.25) is 0 Å². The highest BCUT2D eigenvalue weighted by molar-refractivity contribution is 8.02. The third-order valence-corrected chi connectivity index (χ3v) is 2.93. The Kier molecular flexibility index (Phi) is 3.47. The number of hydrogen-bond acceptors (Lipinski definition) is 2. The summed E-state index contributed by atoms with van der Waals surface area (Å²) in [5.74, 6) is 1.04. The molecule has 16 heavy (non-hydrogen) atoms. The van der Waals surface area contributed by atoms with E-state index in [-0.39, 0.29) is 5.43 Å². The second-order valence-corrected chi connectivity index (χ2v) is 4.58. The third kappa shape index (κ3) is 2.36. The van der Waals surface area contributed by atoms with E-state index in [0.29, 0.717) is 0 Å². The zero-order valence-corrected chi connectivity index (χ0v) is 9.88. The maximum absolute atomic E-state index is 11.8. The van der Waals surface area contributed by atoms with E-state index in [0.717, 1.165) is 22.3 Å². The fraction of sp³-hybridized carbons (Fsp3) is 0.154. The number of fused-ring (bicyclic) bond motifs is 1. The molecule has 0 amide bonds. The van der Waals surface area contributed by atoms with Gasteiger partial charge in [0.2, 0.25) is 0 Å². The number of nitrogens with one attached hydrogen (secondary N) is 1. The van der Waals surface area contributed by atoms with E-state index in [2.05, 4.69) is 11.9 Å². The number of H-pyrrole nitrogens is 1. The van der Waals surface area contributed by atoms with E-state index in [9.17, 15) is 4.79 Å². The van der Waals surface area contributed by atoms with Gasteiger partial charge < -0.3 is 4.98 Å². The highest BCUT2D eigenvalue weighted by atomic mass is 32.2. The van der Waals surface area contributed by atoms with Crippen molar-refractivity contribution in [3.63, 3.8) is 0 Å². The van der Waals surface area contributed by atoms with Crippen LogP contribution in [0.15, 0.2) is 40.5 Å². The molecule has 2 nitrogen and oxygen atoms in total. The molecule has 0 radical (unpaired) electrons. The summed E-state index contributed by atoms with van der Waals surface area (Å²) in [6, 6.07) is 9.19. The molecule has 3 heteroatoms. The third-order valence-electron chi connectivity index (χ3n) is 2.27. The molecule has 0 bridgehead atoms. The van der Waals surface area contributed by atoms with Crippen LogP contribution in [0.4, 0.5) is 0 Å². The Morgan fingerprint density at radius 1 is 1.38 bits per heavy atom. The molecule has 0 spiro atoms. The molecule has 0 fully saturated rings. The van der Waals surface area contributed by atoms with E-state index in [1.54, 1.807) is 17.8 Å². The first kappa shape index (κ1) is 11.0. The van der Waals surface area contributed by atoms with Crippen LogP contribution in [0.3, 0.4) is 0 Å². The van der Waals surface area contributed by atoms with Crippen LogP contribution in [0.1, 0.15) is 12.6 Å². The number of aromatic nitrogens is 1. The fourth-order valence-corrected chi connectivity index (χ4v) is 1.96. The Hall–Kier alpha value is -1.48. The summed E-state index contributed by atoms with van der Waals surface area (Å²) in [5.41, 5.74) is 1.80. The van der Waals surface area contributed by atoms with Gasteiger partial charge in [0.25, 0.3) is 0 Å². The number of aromatic amines is 1. The molecule has 2 aromatic rings. The van der Waals surface area contributed by atoms with Gasteiger partial charge in [0.1, 0.15) is 0 Å². The molecule has 0 saturated heterocycles. The summed E-state index contributed by atoms with van der Waals surface area (Å²) >= 11 is 1.71. The minimum absolute atomic E-state index is 0.0653. The zero-order valence-electron chi connectivity index (χ0n) is 9.07. The highest BCUT2D eigenvalue weighted by Crippen LogP contribution is 2.10. The van der Waals surface area contributed by atoms with Gasteiger partial charge in [-0.05, 0) is 29.4 Å². The minimum Gasteiger partial charge on any atom is -0.355 e. The molecule has 1 aromatic carbocycles. The summed E-state index contributed by atoms with van der Waals surface area (Å²) < 4.78 is 0. The molecule has 0 aliphatic carbocycles. The van der Waals surface area contributed by atoms with E-state index < -0.39 is 0 Å². The first-order chi connectivity index (χ1) is 7.81. The molecule has 0 unspecified atom stereocenters. The second kappa shape index (κ2) is 5.03. The van der Waals surface area contributed by atoms with Crippen LogP contribution in [0.25, 0.3) is 17.0 Å². The molecule has 0 saturated carbocycles. The standard InChI is InChI=1S/C13H13NOS/c1-2-16-8-7-10-9-13(15)11-5-3-4-6-12(11)14-10/h3-9H,2H2,1H3,(H,14,15)/b8-7+. The maximum atomic E-state index is 11.8. The predicted octanol–water partition coefficient (Wildman–Crippen LogP) is 3.25. The van der Waals surface area contributed by atoms with Gasteiger partial charge in [0.05, 0.1) is 0 Å². The van der Waals surface area contributed by atoms with E-state index in [1.165, 1.54) is 0 Å². The Balaban J connectivity index is 2.46. The first-order valence-electron chi connectivity index (χ1n) is 5.21. The van der Waals surface area contributed by atoms with Crippen molar-refractivity contribution in [3.8, 4) is 0 Å². The SMILES string of the molecule is CCS/C=C/c1cc(=O)c2ccccc2[nH]1. The number of benzene rings is 1. The van der Waals surface area contributed by atoms with Crippen molar-refractivity contribution in [2.24, 2.45) is 0 Å². The second-order valence-electron chi connectivity index (χ2n) is 3.39. The van der Waals surface area contributed by atoms with Crippen molar-refractivity contribution in [3.05, 3.63) is 51.7 Å². The molecule has 1 heterocycles. The molecule has 82 valence electrons. The van der Waals surface area contributed by atoms with Crippen LogP contribution in [0.5, 0.6) is 0 Å². The van der Waals surface area contributed by atoms with Gasteiger partial charge in [-0.1, -0.05) is 19.1 Å². The molecule has 0 atom stereocenters. The van der Waals surface area contributed by atoms with Crippen molar-refractivity contribution in [1.29, 1.82) is 0 Å². The molecular weight excluding hydrogens is 218 g/mol. The van der Waals surface area contributed by atoms with Crippen LogP contribution >= 0.6 is 11.8 Å². The van der Waals surface area contributed by atoms with Gasteiger partial charge in [-0.3, -0.25) is 4.79 Å². The van der Waals surface area contributed by atoms with Gasteiger partial charge in [-0.25, -0.2) is 0 Å². The van der Waals surface area contributed by atoms with Gasteiger partial charge in [-0.2, -0.15) is 0 Å². The number of para-hydroxylation sites is 1. The van der Waals surface area contributed by atoms with Crippen LogP contribution in [-0.2, 0) is 0 Å². The number of pyridine rings is 1. The summed E-state index contributed by atoms with van der Waals surface area (Å²) in [6.07, 6.45) is 1.93. The lowest BCUT2D eigenvalue weighted by molar-refractivity contribution is 1.35. The summed E-state index contributed by atoms with van der Waals surface area (Å²) in [5, 5.41) is 2.74. The molecule has 1 aromatic heterocycles. The Labute approximate surface area is 98.4 Å². The normalized spacial score (nSPS) is 11.3. The average molecular weight is 231 g/mol. The van der Waals surface area contributed by atoms with Crippen molar-refractivity contribution >= 4 is 28.7 Å². The zero-order chi connectivity index (χ0) is 11.4. The van der Waals surface area contributed by atoms with Crippen molar-refractivity contribution in [2.75, 3.05) is 5.75 Å². The largest absolute Gasteiger partial charge is 0.355 e.